The molecule has 0 atom stereocenters. The van der Waals surface area contributed by atoms with Crippen molar-refractivity contribution in [3.05, 3.63) is 11.6 Å². The first-order valence-corrected chi connectivity index (χ1v) is 10.0. The number of anilines is 1. The average Bonchev–Trinajstić information content (AvgIpc) is 2.95. The van der Waals surface area contributed by atoms with E-state index in [0.717, 1.165) is 12.2 Å². The minimum Gasteiger partial charge on any atom is -0.368 e. The third-order valence-electron chi connectivity index (χ3n) is 2.61. The van der Waals surface area contributed by atoms with Crippen molar-refractivity contribution >= 4 is 43.9 Å². The maximum atomic E-state index is 12.4. The van der Waals surface area contributed by atoms with Crippen LogP contribution in [0.2, 0.25) is 0 Å². The van der Waals surface area contributed by atoms with Crippen LogP contribution in [0.4, 0.5) is 5.82 Å². The van der Waals surface area contributed by atoms with Gasteiger partial charge in [-0.05, 0) is 12.7 Å². The minimum atomic E-state index is -3.57. The lowest BCUT2D eigenvalue weighted by atomic mass is 10.5. The van der Waals surface area contributed by atoms with Gasteiger partial charge >= 0.3 is 0 Å². The van der Waals surface area contributed by atoms with Gasteiger partial charge in [-0.3, -0.25) is 4.40 Å². The van der Waals surface area contributed by atoms with Crippen LogP contribution in [0.3, 0.4) is 0 Å². The summed E-state index contributed by atoms with van der Waals surface area (Å²) in [5, 5.41) is 5.11. The Morgan fingerprint density at radius 3 is 2.95 bits per heavy atom. The molecule has 0 saturated heterocycles. The average molecular weight is 334 g/mol. The smallest absolute Gasteiger partial charge is 0.260 e. The van der Waals surface area contributed by atoms with E-state index in [1.807, 2.05) is 18.6 Å². The van der Waals surface area contributed by atoms with Gasteiger partial charge in [-0.2, -0.15) is 11.8 Å². The molecular formula is C11H18N4O2S3. The summed E-state index contributed by atoms with van der Waals surface area (Å²) in [7, 11) is -3.57. The highest BCUT2D eigenvalue weighted by molar-refractivity contribution is 7.98. The summed E-state index contributed by atoms with van der Waals surface area (Å²) >= 11 is 3.02. The predicted octanol–water partition coefficient (Wildman–Crippen LogP) is 1.86. The van der Waals surface area contributed by atoms with Gasteiger partial charge in [-0.1, -0.05) is 6.92 Å². The SMILES string of the molecule is CCCNc1nc2sccn2c1S(=O)(=O)NCCSC. The number of nitrogens with zero attached hydrogens (tertiary/aromatic N) is 2. The highest BCUT2D eigenvalue weighted by Crippen LogP contribution is 2.25. The maximum absolute atomic E-state index is 12.4. The van der Waals surface area contributed by atoms with Gasteiger partial charge in [0.1, 0.15) is 0 Å². The molecule has 0 aliphatic rings. The van der Waals surface area contributed by atoms with Crippen molar-refractivity contribution in [2.75, 3.05) is 30.4 Å². The Hall–Kier alpha value is -0.770. The number of nitrogens with one attached hydrogen (secondary N) is 2. The van der Waals surface area contributed by atoms with Crippen LogP contribution in [0.25, 0.3) is 4.96 Å². The Morgan fingerprint density at radius 1 is 1.45 bits per heavy atom. The molecule has 0 aliphatic carbocycles. The number of aromatic nitrogens is 2. The number of hydrogen-bond donors (Lipinski definition) is 2. The Morgan fingerprint density at radius 2 is 2.25 bits per heavy atom. The van der Waals surface area contributed by atoms with E-state index in [4.69, 9.17) is 0 Å². The first-order chi connectivity index (χ1) is 9.60. The van der Waals surface area contributed by atoms with Gasteiger partial charge in [-0.15, -0.1) is 11.3 Å². The molecule has 2 aromatic heterocycles. The van der Waals surface area contributed by atoms with E-state index in [9.17, 15) is 8.42 Å². The van der Waals surface area contributed by atoms with E-state index < -0.39 is 10.0 Å². The predicted molar refractivity (Wildman–Crippen MR) is 85.4 cm³/mol. The number of fused-ring (bicyclic) bond motifs is 1. The number of sulfonamides is 1. The second kappa shape index (κ2) is 6.79. The second-order valence-corrected chi connectivity index (χ2v) is 7.68. The molecule has 0 amide bonds. The zero-order chi connectivity index (χ0) is 14.6. The molecule has 6 nitrogen and oxygen atoms in total. The van der Waals surface area contributed by atoms with Crippen LogP contribution in [-0.2, 0) is 10.0 Å². The second-order valence-electron chi connectivity index (χ2n) is 4.14. The molecule has 112 valence electrons. The van der Waals surface area contributed by atoms with Crippen LogP contribution in [0.15, 0.2) is 16.6 Å². The quantitative estimate of drug-likeness (QED) is 0.721. The summed E-state index contributed by atoms with van der Waals surface area (Å²) in [5.74, 6) is 1.16. The van der Waals surface area contributed by atoms with Gasteiger partial charge in [0.05, 0.1) is 0 Å². The summed E-state index contributed by atoms with van der Waals surface area (Å²) in [4.78, 5) is 5.03. The highest BCUT2D eigenvalue weighted by atomic mass is 32.2. The molecule has 2 heterocycles. The molecule has 9 heteroatoms. The van der Waals surface area contributed by atoms with E-state index >= 15 is 0 Å². The molecule has 2 aromatic rings. The van der Waals surface area contributed by atoms with Gasteiger partial charge in [0.25, 0.3) is 10.0 Å². The third kappa shape index (κ3) is 3.27. The molecule has 0 fully saturated rings. The van der Waals surface area contributed by atoms with Crippen LogP contribution in [-0.4, -0.2) is 42.9 Å². The molecule has 0 aliphatic heterocycles. The summed E-state index contributed by atoms with van der Waals surface area (Å²) in [6.45, 7) is 3.13. The molecule has 0 spiro atoms. The lowest BCUT2D eigenvalue weighted by molar-refractivity contribution is 0.579. The Bertz CT molecular complexity index is 662. The summed E-state index contributed by atoms with van der Waals surface area (Å²) in [6, 6.07) is 0. The zero-order valence-corrected chi connectivity index (χ0v) is 13.9. The van der Waals surface area contributed by atoms with Crippen LogP contribution in [0, 0.1) is 0 Å². The van der Waals surface area contributed by atoms with E-state index in [-0.39, 0.29) is 5.03 Å². The third-order valence-corrected chi connectivity index (χ3v) is 5.47. The molecule has 0 aromatic carbocycles. The topological polar surface area (TPSA) is 75.5 Å². The van der Waals surface area contributed by atoms with Crippen molar-refractivity contribution < 1.29 is 8.42 Å². The number of thioether (sulfide) groups is 1. The summed E-state index contributed by atoms with van der Waals surface area (Å²) < 4.78 is 29.1. The normalized spacial score (nSPS) is 12.1. The van der Waals surface area contributed by atoms with Crippen molar-refractivity contribution in [3.63, 3.8) is 0 Å². The summed E-state index contributed by atoms with van der Waals surface area (Å²) in [5.41, 5.74) is 0. The first kappa shape index (κ1) is 15.6. The lowest BCUT2D eigenvalue weighted by Crippen LogP contribution is -2.27. The number of imidazole rings is 1. The van der Waals surface area contributed by atoms with Crippen LogP contribution >= 0.6 is 23.1 Å². The van der Waals surface area contributed by atoms with Gasteiger partial charge in [-0.25, -0.2) is 18.1 Å². The fraction of sp³-hybridized carbons (Fsp3) is 0.545. The molecule has 0 radical (unpaired) electrons. The van der Waals surface area contributed by atoms with Crippen molar-refractivity contribution in [2.24, 2.45) is 0 Å². The van der Waals surface area contributed by atoms with Gasteiger partial charge in [0.2, 0.25) is 0 Å². The Balaban J connectivity index is 2.36. The van der Waals surface area contributed by atoms with Crippen LogP contribution in [0.5, 0.6) is 0 Å². The highest BCUT2D eigenvalue weighted by Gasteiger charge is 2.25. The first-order valence-electron chi connectivity index (χ1n) is 6.28. The number of hydrogen-bond acceptors (Lipinski definition) is 6. The van der Waals surface area contributed by atoms with Gasteiger partial charge in [0, 0.05) is 30.4 Å². The number of thiazole rings is 1. The van der Waals surface area contributed by atoms with E-state index in [1.165, 1.54) is 11.3 Å². The molecule has 2 N–H and O–H groups in total. The van der Waals surface area contributed by atoms with Crippen molar-refractivity contribution in [3.8, 4) is 0 Å². The van der Waals surface area contributed by atoms with Crippen LogP contribution < -0.4 is 10.0 Å². The van der Waals surface area contributed by atoms with Crippen molar-refractivity contribution in [1.29, 1.82) is 0 Å². The van der Waals surface area contributed by atoms with Crippen molar-refractivity contribution in [2.45, 2.75) is 18.4 Å². The van der Waals surface area contributed by atoms with E-state index in [2.05, 4.69) is 15.0 Å². The zero-order valence-electron chi connectivity index (χ0n) is 11.4. The van der Waals surface area contributed by atoms with Crippen LogP contribution in [0.1, 0.15) is 13.3 Å². The molecule has 0 unspecified atom stereocenters. The minimum absolute atomic E-state index is 0.198. The van der Waals surface area contributed by atoms with Crippen molar-refractivity contribution in [1.82, 2.24) is 14.1 Å². The maximum Gasteiger partial charge on any atom is 0.260 e. The molecule has 20 heavy (non-hydrogen) atoms. The van der Waals surface area contributed by atoms with Gasteiger partial charge < -0.3 is 5.32 Å². The standard InChI is InChI=1S/C11H18N4O2S3/c1-3-4-12-9-10(15-6-8-19-11(15)14-9)20(16,17)13-5-7-18-2/h6,8,12-13H,3-5,7H2,1-2H3. The Kier molecular flexibility index (Phi) is 5.30. The summed E-state index contributed by atoms with van der Waals surface area (Å²) in [6.07, 6.45) is 4.58. The monoisotopic (exact) mass is 334 g/mol. The molecule has 2 rings (SSSR count). The van der Waals surface area contributed by atoms with E-state index in [0.29, 0.717) is 23.9 Å². The van der Waals surface area contributed by atoms with Gasteiger partial charge in [0.15, 0.2) is 15.8 Å². The molecule has 0 bridgehead atoms. The van der Waals surface area contributed by atoms with E-state index in [1.54, 1.807) is 22.4 Å². The fourth-order valence-corrected chi connectivity index (χ4v) is 4.22. The Labute approximate surface area is 127 Å². The number of rotatable bonds is 8. The molecule has 0 saturated carbocycles. The lowest BCUT2D eigenvalue weighted by Gasteiger charge is -2.08. The fourth-order valence-electron chi connectivity index (χ4n) is 1.73. The largest absolute Gasteiger partial charge is 0.368 e. The molecular weight excluding hydrogens is 316 g/mol.